The number of piperidine rings is 1. The maximum absolute atomic E-state index is 12.9. The molecule has 2 aromatic rings. The quantitative estimate of drug-likeness (QED) is 0.621. The minimum Gasteiger partial charge on any atom is -0.497 e. The molecule has 7 heteroatoms. The van der Waals surface area contributed by atoms with E-state index in [2.05, 4.69) is 27.7 Å². The molecule has 170 valence electrons. The van der Waals surface area contributed by atoms with E-state index in [1.54, 1.807) is 14.2 Å². The second-order valence-electron chi connectivity index (χ2n) is 8.64. The van der Waals surface area contributed by atoms with Crippen LogP contribution in [0.3, 0.4) is 0 Å². The molecule has 2 aromatic carbocycles. The van der Waals surface area contributed by atoms with E-state index in [0.717, 1.165) is 56.0 Å². The van der Waals surface area contributed by atoms with E-state index in [4.69, 9.17) is 9.47 Å². The van der Waals surface area contributed by atoms with Gasteiger partial charge in [-0.15, -0.1) is 0 Å². The van der Waals surface area contributed by atoms with Crippen molar-refractivity contribution in [3.63, 3.8) is 0 Å². The minimum atomic E-state index is -0.835. The first-order chi connectivity index (χ1) is 15.5. The highest BCUT2D eigenvalue weighted by Crippen LogP contribution is 2.35. The summed E-state index contributed by atoms with van der Waals surface area (Å²) in [4.78, 5) is 27.4. The van der Waals surface area contributed by atoms with Gasteiger partial charge in [0.05, 0.1) is 14.2 Å². The summed E-state index contributed by atoms with van der Waals surface area (Å²) in [6.07, 6.45) is 3.05. The number of methoxy groups -OCH3 is 2. The average molecular weight is 438 g/mol. The second kappa shape index (κ2) is 9.61. The number of hydrogen-bond acceptors (Lipinski definition) is 5. The van der Waals surface area contributed by atoms with Crippen LogP contribution in [0, 0.1) is 5.92 Å². The van der Waals surface area contributed by atoms with Gasteiger partial charge in [0, 0.05) is 12.6 Å². The molecule has 0 aliphatic carbocycles. The number of aryl methyl sites for hydroxylation is 1. The molecule has 7 nitrogen and oxygen atoms in total. The Balaban J connectivity index is 1.42. The summed E-state index contributed by atoms with van der Waals surface area (Å²) in [5, 5.41) is 5.49. The molecule has 0 bridgehead atoms. The molecule has 0 spiro atoms. The van der Waals surface area contributed by atoms with Crippen LogP contribution in [0.1, 0.15) is 30.4 Å². The van der Waals surface area contributed by atoms with E-state index < -0.39 is 5.54 Å². The SMILES string of the molecule is COc1cc(CN2CCC([C@@]3(CCc4ccccc4)NC(=O)NC3=O)CC2)cc(OC)c1. The topological polar surface area (TPSA) is 79.9 Å². The summed E-state index contributed by atoms with van der Waals surface area (Å²) in [6.45, 7) is 2.51. The number of nitrogens with zero attached hydrogens (tertiary/aromatic N) is 1. The molecule has 0 aromatic heterocycles. The Morgan fingerprint density at radius 3 is 2.19 bits per heavy atom. The van der Waals surface area contributed by atoms with E-state index >= 15 is 0 Å². The van der Waals surface area contributed by atoms with Crippen molar-refractivity contribution in [2.24, 2.45) is 5.92 Å². The number of carbonyl (C=O) groups excluding carboxylic acids is 2. The summed E-state index contributed by atoms with van der Waals surface area (Å²) < 4.78 is 10.8. The van der Waals surface area contributed by atoms with Crippen LogP contribution in [-0.2, 0) is 17.8 Å². The first kappa shape index (κ1) is 22.1. The molecule has 0 saturated carbocycles. The van der Waals surface area contributed by atoms with E-state index in [-0.39, 0.29) is 17.9 Å². The molecule has 2 aliphatic heterocycles. The van der Waals surface area contributed by atoms with Crippen molar-refractivity contribution >= 4 is 11.9 Å². The van der Waals surface area contributed by atoms with Crippen LogP contribution in [0.4, 0.5) is 4.79 Å². The molecule has 2 N–H and O–H groups in total. The van der Waals surface area contributed by atoms with E-state index in [1.165, 1.54) is 5.56 Å². The lowest BCUT2D eigenvalue weighted by Gasteiger charge is -2.40. The number of benzene rings is 2. The highest BCUT2D eigenvalue weighted by atomic mass is 16.5. The van der Waals surface area contributed by atoms with Crippen molar-refractivity contribution in [3.05, 3.63) is 59.7 Å². The molecule has 2 heterocycles. The Morgan fingerprint density at radius 2 is 1.62 bits per heavy atom. The van der Waals surface area contributed by atoms with Gasteiger partial charge in [-0.05, 0) is 68.0 Å². The highest BCUT2D eigenvalue weighted by Gasteiger charge is 2.51. The van der Waals surface area contributed by atoms with Crippen molar-refractivity contribution in [2.75, 3.05) is 27.3 Å². The summed E-state index contributed by atoms with van der Waals surface area (Å²) in [7, 11) is 3.31. The third-order valence-electron chi connectivity index (χ3n) is 6.72. The van der Waals surface area contributed by atoms with E-state index in [1.807, 2.05) is 36.4 Å². The first-order valence-electron chi connectivity index (χ1n) is 11.1. The Labute approximate surface area is 189 Å². The Kier molecular flexibility index (Phi) is 6.65. The lowest BCUT2D eigenvalue weighted by atomic mass is 9.74. The number of likely N-dealkylation sites (tertiary alicyclic amines) is 1. The normalized spacial score (nSPS) is 21.8. The lowest BCUT2D eigenvalue weighted by Crippen LogP contribution is -2.56. The number of imide groups is 1. The predicted molar refractivity (Wildman–Crippen MR) is 122 cm³/mol. The van der Waals surface area contributed by atoms with Crippen molar-refractivity contribution in [1.29, 1.82) is 0 Å². The van der Waals surface area contributed by atoms with Gasteiger partial charge >= 0.3 is 6.03 Å². The number of amides is 3. The van der Waals surface area contributed by atoms with Gasteiger partial charge in [0.2, 0.25) is 0 Å². The molecule has 0 unspecified atom stereocenters. The molecule has 2 aliphatic rings. The molecular weight excluding hydrogens is 406 g/mol. The van der Waals surface area contributed by atoms with Gasteiger partial charge in [0.25, 0.3) is 5.91 Å². The summed E-state index contributed by atoms with van der Waals surface area (Å²) in [6, 6.07) is 15.7. The van der Waals surface area contributed by atoms with E-state index in [9.17, 15) is 9.59 Å². The fraction of sp³-hybridized carbons (Fsp3) is 0.440. The minimum absolute atomic E-state index is 0.105. The standard InChI is InChI=1S/C25H31N3O4/c1-31-21-14-19(15-22(16-21)32-2)17-28-12-9-20(10-13-28)25(23(29)26-24(30)27-25)11-8-18-6-4-3-5-7-18/h3-7,14-16,20H,8-13,17H2,1-2H3,(H2,26,27,29,30)/t25-/m1/s1. The molecule has 3 amide bonds. The molecule has 32 heavy (non-hydrogen) atoms. The molecule has 1 atom stereocenters. The Morgan fingerprint density at radius 1 is 0.969 bits per heavy atom. The van der Waals surface area contributed by atoms with Crippen molar-refractivity contribution in [1.82, 2.24) is 15.5 Å². The molecular formula is C25H31N3O4. The zero-order valence-electron chi connectivity index (χ0n) is 18.7. The van der Waals surface area contributed by atoms with Crippen LogP contribution in [-0.4, -0.2) is 49.7 Å². The van der Waals surface area contributed by atoms with Crippen molar-refractivity contribution in [3.8, 4) is 11.5 Å². The Bertz CT molecular complexity index is 935. The largest absolute Gasteiger partial charge is 0.497 e. The monoisotopic (exact) mass is 437 g/mol. The van der Waals surface area contributed by atoms with Crippen LogP contribution < -0.4 is 20.1 Å². The second-order valence-corrected chi connectivity index (χ2v) is 8.64. The zero-order valence-corrected chi connectivity index (χ0v) is 18.7. The van der Waals surface area contributed by atoms with Gasteiger partial charge in [-0.2, -0.15) is 0 Å². The number of urea groups is 1. The first-order valence-corrected chi connectivity index (χ1v) is 11.1. The van der Waals surface area contributed by atoms with Gasteiger partial charge < -0.3 is 14.8 Å². The molecule has 2 fully saturated rings. The number of carbonyl (C=O) groups is 2. The maximum Gasteiger partial charge on any atom is 0.322 e. The third kappa shape index (κ3) is 4.72. The third-order valence-corrected chi connectivity index (χ3v) is 6.72. The number of nitrogens with one attached hydrogen (secondary N) is 2. The maximum atomic E-state index is 12.9. The Hall–Kier alpha value is -3.06. The fourth-order valence-electron chi connectivity index (χ4n) is 4.96. The average Bonchev–Trinajstić information content (AvgIpc) is 3.12. The molecule has 2 saturated heterocycles. The van der Waals surface area contributed by atoms with Crippen LogP contribution in [0.2, 0.25) is 0 Å². The summed E-state index contributed by atoms with van der Waals surface area (Å²) >= 11 is 0. The van der Waals surface area contributed by atoms with Crippen molar-refractivity contribution < 1.29 is 19.1 Å². The van der Waals surface area contributed by atoms with Crippen LogP contribution >= 0.6 is 0 Å². The fourth-order valence-corrected chi connectivity index (χ4v) is 4.96. The van der Waals surface area contributed by atoms with Gasteiger partial charge in [-0.1, -0.05) is 30.3 Å². The van der Waals surface area contributed by atoms with Crippen LogP contribution in [0.5, 0.6) is 11.5 Å². The van der Waals surface area contributed by atoms with Gasteiger partial charge in [-0.25, -0.2) is 4.79 Å². The molecule has 4 rings (SSSR count). The van der Waals surface area contributed by atoms with Crippen LogP contribution in [0.15, 0.2) is 48.5 Å². The zero-order chi connectivity index (χ0) is 22.6. The van der Waals surface area contributed by atoms with Crippen molar-refractivity contribution in [2.45, 2.75) is 37.8 Å². The number of ether oxygens (including phenoxy) is 2. The number of hydrogen-bond donors (Lipinski definition) is 2. The summed E-state index contributed by atoms with van der Waals surface area (Å²) in [5.74, 6) is 1.47. The van der Waals surface area contributed by atoms with Crippen LogP contribution in [0.25, 0.3) is 0 Å². The lowest BCUT2D eigenvalue weighted by molar-refractivity contribution is -0.127. The highest BCUT2D eigenvalue weighted by molar-refractivity contribution is 6.07. The molecule has 0 radical (unpaired) electrons. The number of rotatable bonds is 8. The smallest absolute Gasteiger partial charge is 0.322 e. The van der Waals surface area contributed by atoms with E-state index in [0.29, 0.717) is 6.42 Å². The summed E-state index contributed by atoms with van der Waals surface area (Å²) in [5.41, 5.74) is 1.47. The van der Waals surface area contributed by atoms with Gasteiger partial charge in [0.15, 0.2) is 0 Å². The van der Waals surface area contributed by atoms with Gasteiger partial charge in [-0.3, -0.25) is 15.0 Å². The predicted octanol–water partition coefficient (Wildman–Crippen LogP) is 3.13. The van der Waals surface area contributed by atoms with Gasteiger partial charge in [0.1, 0.15) is 17.0 Å².